The van der Waals surface area contributed by atoms with Gasteiger partial charge in [-0.05, 0) is 13.8 Å². The first kappa shape index (κ1) is 15.7. The maximum atomic E-state index is 6.04. The van der Waals surface area contributed by atoms with Crippen molar-refractivity contribution in [1.29, 1.82) is 0 Å². The first-order chi connectivity index (χ1) is 10.00. The number of methoxy groups -OCH3 is 1. The van der Waals surface area contributed by atoms with E-state index in [2.05, 4.69) is 9.97 Å². The average molecular weight is 307 g/mol. The largest absolute Gasteiger partial charge is 0.477 e. The van der Waals surface area contributed by atoms with E-state index in [4.69, 9.17) is 21.1 Å². The maximum absolute atomic E-state index is 6.04. The van der Waals surface area contributed by atoms with Crippen LogP contribution in [0.5, 0.6) is 5.88 Å². The third kappa shape index (κ3) is 4.69. The molecule has 0 aliphatic heterocycles. The van der Waals surface area contributed by atoms with Crippen molar-refractivity contribution in [3.05, 3.63) is 41.6 Å². The lowest BCUT2D eigenvalue weighted by atomic mass is 10.1. The van der Waals surface area contributed by atoms with Crippen LogP contribution in [-0.4, -0.2) is 29.3 Å². The van der Waals surface area contributed by atoms with Gasteiger partial charge in [-0.2, -0.15) is 4.98 Å². The lowest BCUT2D eigenvalue weighted by Gasteiger charge is -2.22. The zero-order valence-corrected chi connectivity index (χ0v) is 13.2. The molecule has 0 radical (unpaired) electrons. The van der Waals surface area contributed by atoms with Gasteiger partial charge in [0.1, 0.15) is 5.15 Å². The highest BCUT2D eigenvalue weighted by Gasteiger charge is 2.16. The van der Waals surface area contributed by atoms with E-state index in [0.717, 1.165) is 12.0 Å². The number of rotatable bonds is 6. The van der Waals surface area contributed by atoms with E-state index in [9.17, 15) is 0 Å². The second kappa shape index (κ2) is 6.87. The van der Waals surface area contributed by atoms with Gasteiger partial charge < -0.3 is 9.47 Å². The quantitative estimate of drug-likeness (QED) is 0.757. The molecule has 4 nitrogen and oxygen atoms in total. The van der Waals surface area contributed by atoms with Crippen molar-refractivity contribution < 1.29 is 9.47 Å². The minimum Gasteiger partial charge on any atom is -0.477 e. The Morgan fingerprint density at radius 1 is 1.14 bits per heavy atom. The standard InChI is InChI=1S/C16H19ClN2O2/c1-16(2,20-3)9-10-21-14-11-13(17)18-15(19-14)12-7-5-4-6-8-12/h4-8,11H,9-10H2,1-3H3. The Morgan fingerprint density at radius 2 is 1.86 bits per heavy atom. The van der Waals surface area contributed by atoms with Gasteiger partial charge >= 0.3 is 0 Å². The highest BCUT2D eigenvalue weighted by molar-refractivity contribution is 6.29. The first-order valence-electron chi connectivity index (χ1n) is 6.78. The lowest BCUT2D eigenvalue weighted by Crippen LogP contribution is -2.25. The van der Waals surface area contributed by atoms with Crippen LogP contribution in [0.2, 0.25) is 5.15 Å². The van der Waals surface area contributed by atoms with Gasteiger partial charge in [-0.3, -0.25) is 0 Å². The van der Waals surface area contributed by atoms with Crippen molar-refractivity contribution in [1.82, 2.24) is 9.97 Å². The van der Waals surface area contributed by atoms with Crippen LogP contribution in [0.3, 0.4) is 0 Å². The normalized spacial score (nSPS) is 11.4. The summed E-state index contributed by atoms with van der Waals surface area (Å²) in [6, 6.07) is 11.3. The molecule has 0 unspecified atom stereocenters. The van der Waals surface area contributed by atoms with Gasteiger partial charge in [-0.25, -0.2) is 4.98 Å². The Morgan fingerprint density at radius 3 is 2.52 bits per heavy atom. The Balaban J connectivity index is 2.09. The van der Waals surface area contributed by atoms with E-state index in [0.29, 0.717) is 23.5 Å². The van der Waals surface area contributed by atoms with Gasteiger partial charge in [-0.15, -0.1) is 0 Å². The van der Waals surface area contributed by atoms with Crippen molar-refractivity contribution in [2.75, 3.05) is 13.7 Å². The fraction of sp³-hybridized carbons (Fsp3) is 0.375. The molecule has 5 heteroatoms. The zero-order valence-electron chi connectivity index (χ0n) is 12.5. The summed E-state index contributed by atoms with van der Waals surface area (Å²) in [6.45, 7) is 4.53. The van der Waals surface area contributed by atoms with Gasteiger partial charge in [0, 0.05) is 25.2 Å². The van der Waals surface area contributed by atoms with Crippen LogP contribution in [0.25, 0.3) is 11.4 Å². The molecule has 0 aliphatic rings. The highest BCUT2D eigenvalue weighted by atomic mass is 35.5. The summed E-state index contributed by atoms with van der Waals surface area (Å²) in [5.74, 6) is 1.03. The molecule has 0 saturated heterocycles. The smallest absolute Gasteiger partial charge is 0.218 e. The molecule has 0 amide bonds. The second-order valence-electron chi connectivity index (χ2n) is 5.28. The SMILES string of the molecule is COC(C)(C)CCOc1cc(Cl)nc(-c2ccccc2)n1. The summed E-state index contributed by atoms with van der Waals surface area (Å²) in [7, 11) is 1.69. The molecule has 0 spiro atoms. The van der Waals surface area contributed by atoms with Crippen LogP contribution < -0.4 is 4.74 Å². The lowest BCUT2D eigenvalue weighted by molar-refractivity contribution is 0.00509. The number of hydrogen-bond acceptors (Lipinski definition) is 4. The number of nitrogens with zero attached hydrogens (tertiary/aromatic N) is 2. The molecule has 0 saturated carbocycles. The van der Waals surface area contributed by atoms with E-state index in [1.165, 1.54) is 0 Å². The molecule has 0 N–H and O–H groups in total. The van der Waals surface area contributed by atoms with Gasteiger partial charge in [0.2, 0.25) is 5.88 Å². The number of halogens is 1. The van der Waals surface area contributed by atoms with E-state index < -0.39 is 0 Å². The van der Waals surface area contributed by atoms with Crippen LogP contribution in [0, 0.1) is 0 Å². The predicted molar refractivity (Wildman–Crippen MR) is 83.7 cm³/mol. The second-order valence-corrected chi connectivity index (χ2v) is 5.67. The van der Waals surface area contributed by atoms with Gasteiger partial charge in [0.25, 0.3) is 0 Å². The Kier molecular flexibility index (Phi) is 5.15. The van der Waals surface area contributed by atoms with Crippen molar-refractivity contribution >= 4 is 11.6 Å². The van der Waals surface area contributed by atoms with Crippen LogP contribution in [0.15, 0.2) is 36.4 Å². The molecule has 1 heterocycles. The maximum Gasteiger partial charge on any atom is 0.218 e. The van der Waals surface area contributed by atoms with E-state index in [1.807, 2.05) is 44.2 Å². The molecule has 0 aliphatic carbocycles. The van der Waals surface area contributed by atoms with E-state index in [-0.39, 0.29) is 5.60 Å². The van der Waals surface area contributed by atoms with Gasteiger partial charge in [0.15, 0.2) is 5.82 Å². The van der Waals surface area contributed by atoms with Crippen molar-refractivity contribution in [3.8, 4) is 17.3 Å². The summed E-state index contributed by atoms with van der Waals surface area (Å²) in [4.78, 5) is 8.62. The summed E-state index contributed by atoms with van der Waals surface area (Å²) < 4.78 is 11.0. The summed E-state index contributed by atoms with van der Waals surface area (Å²) in [6.07, 6.45) is 0.756. The van der Waals surface area contributed by atoms with Gasteiger partial charge in [-0.1, -0.05) is 41.9 Å². The molecule has 2 rings (SSSR count). The fourth-order valence-electron chi connectivity index (χ4n) is 1.69. The Hall–Kier alpha value is -1.65. The molecule has 0 atom stereocenters. The fourth-order valence-corrected chi connectivity index (χ4v) is 1.86. The molecule has 21 heavy (non-hydrogen) atoms. The van der Waals surface area contributed by atoms with E-state index >= 15 is 0 Å². The minimum absolute atomic E-state index is 0.223. The van der Waals surface area contributed by atoms with Crippen molar-refractivity contribution in [3.63, 3.8) is 0 Å². The van der Waals surface area contributed by atoms with Crippen LogP contribution in [0.1, 0.15) is 20.3 Å². The third-order valence-corrected chi connectivity index (χ3v) is 3.40. The Labute approximate surface area is 130 Å². The number of ether oxygens (including phenoxy) is 2. The van der Waals surface area contributed by atoms with Crippen molar-refractivity contribution in [2.24, 2.45) is 0 Å². The number of hydrogen-bond donors (Lipinski definition) is 0. The first-order valence-corrected chi connectivity index (χ1v) is 7.16. The predicted octanol–water partition coefficient (Wildman–Crippen LogP) is 3.99. The zero-order chi connectivity index (χ0) is 15.3. The monoisotopic (exact) mass is 306 g/mol. The molecule has 1 aromatic heterocycles. The minimum atomic E-state index is -0.223. The molecule has 2 aromatic rings. The average Bonchev–Trinajstić information content (AvgIpc) is 2.47. The third-order valence-electron chi connectivity index (χ3n) is 3.21. The Bertz CT molecular complexity index is 588. The highest BCUT2D eigenvalue weighted by Crippen LogP contribution is 2.22. The van der Waals surface area contributed by atoms with Crippen LogP contribution >= 0.6 is 11.6 Å². The molecule has 0 fully saturated rings. The molecular weight excluding hydrogens is 288 g/mol. The van der Waals surface area contributed by atoms with Crippen LogP contribution in [-0.2, 0) is 4.74 Å². The summed E-state index contributed by atoms with van der Waals surface area (Å²) in [5.41, 5.74) is 0.682. The topological polar surface area (TPSA) is 44.2 Å². The van der Waals surface area contributed by atoms with Crippen LogP contribution in [0.4, 0.5) is 0 Å². The molecule has 0 bridgehead atoms. The van der Waals surface area contributed by atoms with E-state index in [1.54, 1.807) is 13.2 Å². The molecule has 1 aromatic carbocycles. The van der Waals surface area contributed by atoms with Crippen molar-refractivity contribution in [2.45, 2.75) is 25.9 Å². The van der Waals surface area contributed by atoms with Gasteiger partial charge in [0.05, 0.1) is 12.2 Å². The number of benzene rings is 1. The summed E-state index contributed by atoms with van der Waals surface area (Å²) in [5, 5.41) is 0.366. The molecular formula is C16H19ClN2O2. The number of aromatic nitrogens is 2. The molecule has 112 valence electrons. The summed E-state index contributed by atoms with van der Waals surface area (Å²) >= 11 is 6.04.